The van der Waals surface area contributed by atoms with Crippen LogP contribution in [0.5, 0.6) is 0 Å². The molecular formula is C10H13N. The summed E-state index contributed by atoms with van der Waals surface area (Å²) < 4.78 is 0. The molecule has 1 rings (SSSR count). The zero-order valence-electron chi connectivity index (χ0n) is 7.04. The molecule has 0 fully saturated rings. The Morgan fingerprint density at radius 1 is 1.55 bits per heavy atom. The maximum atomic E-state index is 4.24. The zero-order valence-corrected chi connectivity index (χ0v) is 7.04. The van der Waals surface area contributed by atoms with E-state index in [4.69, 9.17) is 0 Å². The molecule has 0 atom stereocenters. The summed E-state index contributed by atoms with van der Waals surface area (Å²) >= 11 is 0. The molecule has 1 nitrogen and oxygen atoms in total. The molecule has 0 aliphatic rings. The van der Waals surface area contributed by atoms with E-state index < -0.39 is 0 Å². The fourth-order valence-electron chi connectivity index (χ4n) is 0.908. The third-order valence-electron chi connectivity index (χ3n) is 1.63. The van der Waals surface area contributed by atoms with Crippen molar-refractivity contribution in [1.82, 2.24) is 4.98 Å². The Labute approximate surface area is 67.8 Å². The minimum atomic E-state index is 0.495. The minimum Gasteiger partial charge on any atom is -0.261 e. The first kappa shape index (κ1) is 7.99. The van der Waals surface area contributed by atoms with Gasteiger partial charge in [-0.15, -0.1) is 0 Å². The average molecular weight is 147 g/mol. The van der Waals surface area contributed by atoms with Crippen LogP contribution in [0.3, 0.4) is 0 Å². The van der Waals surface area contributed by atoms with Gasteiger partial charge in [-0.2, -0.15) is 0 Å². The van der Waals surface area contributed by atoms with Crippen molar-refractivity contribution < 1.29 is 0 Å². The third-order valence-corrected chi connectivity index (χ3v) is 1.63. The number of hydrogen-bond acceptors (Lipinski definition) is 1. The van der Waals surface area contributed by atoms with Gasteiger partial charge in [0.1, 0.15) is 0 Å². The molecule has 0 amide bonds. The smallest absolute Gasteiger partial charge is 0.0434 e. The summed E-state index contributed by atoms with van der Waals surface area (Å²) in [5.41, 5.74) is 2.27. The second kappa shape index (κ2) is 3.33. The number of pyridine rings is 1. The van der Waals surface area contributed by atoms with E-state index in [0.717, 1.165) is 11.3 Å². The molecule has 1 aromatic rings. The van der Waals surface area contributed by atoms with Gasteiger partial charge in [-0.1, -0.05) is 26.5 Å². The highest BCUT2D eigenvalue weighted by molar-refractivity contribution is 5.46. The Morgan fingerprint density at radius 2 is 2.27 bits per heavy atom. The van der Waals surface area contributed by atoms with Crippen molar-refractivity contribution in [3.63, 3.8) is 0 Å². The zero-order chi connectivity index (χ0) is 8.27. The molecule has 1 heteroatoms. The van der Waals surface area contributed by atoms with E-state index in [1.165, 1.54) is 0 Å². The van der Waals surface area contributed by atoms with Crippen LogP contribution in [0.1, 0.15) is 31.0 Å². The van der Waals surface area contributed by atoms with Gasteiger partial charge in [0.15, 0.2) is 0 Å². The lowest BCUT2D eigenvalue weighted by Crippen LogP contribution is -1.91. The van der Waals surface area contributed by atoms with Gasteiger partial charge >= 0.3 is 0 Å². The van der Waals surface area contributed by atoms with Crippen molar-refractivity contribution >= 4 is 6.08 Å². The molecule has 0 radical (unpaired) electrons. The fourth-order valence-corrected chi connectivity index (χ4v) is 0.908. The van der Waals surface area contributed by atoms with Gasteiger partial charge in [-0.05, 0) is 23.6 Å². The van der Waals surface area contributed by atoms with Crippen LogP contribution < -0.4 is 0 Å². The van der Waals surface area contributed by atoms with Crippen LogP contribution in [-0.4, -0.2) is 4.98 Å². The maximum Gasteiger partial charge on any atom is 0.0434 e. The first-order valence-electron chi connectivity index (χ1n) is 3.82. The summed E-state index contributed by atoms with van der Waals surface area (Å²) in [7, 11) is 0. The predicted molar refractivity (Wildman–Crippen MR) is 48.4 cm³/mol. The fraction of sp³-hybridized carbons (Fsp3) is 0.300. The van der Waals surface area contributed by atoms with Gasteiger partial charge in [0.25, 0.3) is 0 Å². The largest absolute Gasteiger partial charge is 0.261 e. The van der Waals surface area contributed by atoms with E-state index >= 15 is 0 Å². The Morgan fingerprint density at radius 3 is 2.82 bits per heavy atom. The SMILES string of the molecule is C=Cc1ccnc(C(C)C)c1. The third kappa shape index (κ3) is 1.90. The minimum absolute atomic E-state index is 0.495. The highest BCUT2D eigenvalue weighted by Crippen LogP contribution is 2.12. The molecule has 0 saturated carbocycles. The maximum absolute atomic E-state index is 4.24. The Hall–Kier alpha value is -1.11. The van der Waals surface area contributed by atoms with Crippen LogP contribution in [-0.2, 0) is 0 Å². The van der Waals surface area contributed by atoms with Crippen LogP contribution in [0.4, 0.5) is 0 Å². The molecule has 0 unspecified atom stereocenters. The molecule has 0 N–H and O–H groups in total. The molecule has 11 heavy (non-hydrogen) atoms. The molecule has 1 aromatic heterocycles. The van der Waals surface area contributed by atoms with Crippen LogP contribution in [0.2, 0.25) is 0 Å². The molecule has 0 spiro atoms. The quantitative estimate of drug-likeness (QED) is 0.626. The second-order valence-electron chi connectivity index (χ2n) is 2.87. The standard InChI is InChI=1S/C10H13N/c1-4-9-5-6-11-10(7-9)8(2)3/h4-8H,1H2,2-3H3. The number of hydrogen-bond donors (Lipinski definition) is 0. The van der Waals surface area contributed by atoms with Crippen molar-refractivity contribution in [2.24, 2.45) is 0 Å². The molecule has 0 bridgehead atoms. The molecular weight excluding hydrogens is 134 g/mol. The van der Waals surface area contributed by atoms with E-state index in [1.807, 2.05) is 18.3 Å². The average Bonchev–Trinajstić information content (AvgIpc) is 2.05. The first-order chi connectivity index (χ1) is 5.24. The van der Waals surface area contributed by atoms with E-state index in [1.54, 1.807) is 0 Å². The second-order valence-corrected chi connectivity index (χ2v) is 2.87. The summed E-state index contributed by atoms with van der Waals surface area (Å²) in [4.78, 5) is 4.24. The van der Waals surface area contributed by atoms with Crippen LogP contribution in [0, 0.1) is 0 Å². The lowest BCUT2D eigenvalue weighted by atomic mass is 10.1. The van der Waals surface area contributed by atoms with Gasteiger partial charge in [-0.25, -0.2) is 0 Å². The lowest BCUT2D eigenvalue weighted by molar-refractivity contribution is 0.822. The normalized spacial score (nSPS) is 10.1. The summed E-state index contributed by atoms with van der Waals surface area (Å²) in [6.45, 7) is 7.97. The Kier molecular flexibility index (Phi) is 2.42. The predicted octanol–water partition coefficient (Wildman–Crippen LogP) is 2.85. The molecule has 0 aromatic carbocycles. The monoisotopic (exact) mass is 147 g/mol. The Balaban J connectivity index is 3.00. The summed E-state index contributed by atoms with van der Waals surface area (Å²) in [6, 6.07) is 4.02. The van der Waals surface area contributed by atoms with Gasteiger partial charge in [0, 0.05) is 11.9 Å². The molecule has 0 aliphatic carbocycles. The number of nitrogens with zero attached hydrogens (tertiary/aromatic N) is 1. The van der Waals surface area contributed by atoms with E-state index in [0.29, 0.717) is 5.92 Å². The number of aromatic nitrogens is 1. The van der Waals surface area contributed by atoms with E-state index in [2.05, 4.69) is 31.5 Å². The van der Waals surface area contributed by atoms with Gasteiger partial charge in [0.05, 0.1) is 0 Å². The van der Waals surface area contributed by atoms with Crippen LogP contribution in [0.15, 0.2) is 24.9 Å². The lowest BCUT2D eigenvalue weighted by Gasteiger charge is -2.03. The van der Waals surface area contributed by atoms with Crippen molar-refractivity contribution in [3.8, 4) is 0 Å². The summed E-state index contributed by atoms with van der Waals surface area (Å²) in [6.07, 6.45) is 3.67. The highest BCUT2D eigenvalue weighted by Gasteiger charge is 1.98. The highest BCUT2D eigenvalue weighted by atomic mass is 14.7. The first-order valence-corrected chi connectivity index (χ1v) is 3.82. The number of rotatable bonds is 2. The van der Waals surface area contributed by atoms with Crippen molar-refractivity contribution in [3.05, 3.63) is 36.2 Å². The van der Waals surface area contributed by atoms with E-state index in [-0.39, 0.29) is 0 Å². The van der Waals surface area contributed by atoms with Crippen molar-refractivity contribution in [2.75, 3.05) is 0 Å². The van der Waals surface area contributed by atoms with E-state index in [9.17, 15) is 0 Å². The summed E-state index contributed by atoms with van der Waals surface area (Å²) in [5.74, 6) is 0.495. The van der Waals surface area contributed by atoms with Crippen LogP contribution in [0.25, 0.3) is 6.08 Å². The van der Waals surface area contributed by atoms with Crippen molar-refractivity contribution in [2.45, 2.75) is 19.8 Å². The Bertz CT molecular complexity index is 251. The molecule has 58 valence electrons. The van der Waals surface area contributed by atoms with Gasteiger partial charge < -0.3 is 0 Å². The molecule has 0 saturated heterocycles. The van der Waals surface area contributed by atoms with Gasteiger partial charge in [0.2, 0.25) is 0 Å². The van der Waals surface area contributed by atoms with Gasteiger partial charge in [-0.3, -0.25) is 4.98 Å². The topological polar surface area (TPSA) is 12.9 Å². The molecule has 0 aliphatic heterocycles. The van der Waals surface area contributed by atoms with Crippen LogP contribution >= 0.6 is 0 Å². The summed E-state index contributed by atoms with van der Waals surface area (Å²) in [5, 5.41) is 0. The van der Waals surface area contributed by atoms with Crippen molar-refractivity contribution in [1.29, 1.82) is 0 Å². The molecule has 1 heterocycles.